The van der Waals surface area contributed by atoms with Crippen LogP contribution in [0.4, 0.5) is 10.1 Å². The molecule has 1 unspecified atom stereocenters. The van der Waals surface area contributed by atoms with Crippen LogP contribution in [0.1, 0.15) is 12.8 Å². The van der Waals surface area contributed by atoms with Gasteiger partial charge in [-0.3, -0.25) is 0 Å². The number of likely N-dealkylation sites (N-methyl/N-ethyl adjacent to an activating group) is 1. The highest BCUT2D eigenvalue weighted by Crippen LogP contribution is 2.22. The minimum absolute atomic E-state index is 0.171. The van der Waals surface area contributed by atoms with Crippen molar-refractivity contribution >= 4 is 28.3 Å². The lowest BCUT2D eigenvalue weighted by Gasteiger charge is -2.31. The number of rotatable bonds is 2. The van der Waals surface area contributed by atoms with Gasteiger partial charge >= 0.3 is 0 Å². The second-order valence-corrected chi connectivity index (χ2v) is 5.53. The van der Waals surface area contributed by atoms with Gasteiger partial charge in [0.2, 0.25) is 0 Å². The molecule has 16 heavy (non-hydrogen) atoms. The fraction of sp³-hybridized carbons (Fsp3) is 0.500. The molecule has 0 amide bonds. The number of nitrogens with one attached hydrogen (secondary N) is 1. The molecule has 0 saturated carbocycles. The van der Waals surface area contributed by atoms with E-state index < -0.39 is 0 Å². The van der Waals surface area contributed by atoms with E-state index in [2.05, 4.69) is 39.9 Å². The molecule has 1 N–H and O–H groups in total. The van der Waals surface area contributed by atoms with Crippen LogP contribution < -0.4 is 5.32 Å². The molecule has 0 radical (unpaired) electrons. The molecule has 1 saturated heterocycles. The highest BCUT2D eigenvalue weighted by molar-refractivity contribution is 14.1. The Hall–Kier alpha value is -0.360. The molecule has 1 heterocycles. The largest absolute Gasteiger partial charge is 0.380 e. The third-order valence-corrected chi connectivity index (χ3v) is 3.81. The summed E-state index contributed by atoms with van der Waals surface area (Å²) in [5.41, 5.74) is 1.04. The number of benzene rings is 1. The first kappa shape index (κ1) is 12.1. The van der Waals surface area contributed by atoms with Gasteiger partial charge in [0.05, 0.1) is 0 Å². The molecule has 1 fully saturated rings. The summed E-state index contributed by atoms with van der Waals surface area (Å²) in [5, 5.41) is 3.49. The van der Waals surface area contributed by atoms with Crippen molar-refractivity contribution in [3.05, 3.63) is 27.6 Å². The number of likely N-dealkylation sites (tertiary alicyclic amines) is 1. The predicted octanol–water partition coefficient (Wildman–Crippen LogP) is 2.94. The average Bonchev–Trinajstić information content (AvgIpc) is 2.22. The number of hydrogen-bond acceptors (Lipinski definition) is 2. The number of halogens is 2. The first-order chi connectivity index (χ1) is 7.65. The predicted molar refractivity (Wildman–Crippen MR) is 73.3 cm³/mol. The van der Waals surface area contributed by atoms with Crippen molar-refractivity contribution < 1.29 is 4.39 Å². The fourth-order valence-corrected chi connectivity index (χ4v) is 2.74. The number of anilines is 1. The molecular weight excluding hydrogens is 318 g/mol. The second-order valence-electron chi connectivity index (χ2n) is 4.37. The van der Waals surface area contributed by atoms with Crippen molar-refractivity contribution in [3.63, 3.8) is 0 Å². The molecule has 1 atom stereocenters. The van der Waals surface area contributed by atoms with Crippen LogP contribution in [-0.4, -0.2) is 31.1 Å². The Labute approximate surface area is 109 Å². The van der Waals surface area contributed by atoms with Gasteiger partial charge < -0.3 is 10.2 Å². The van der Waals surface area contributed by atoms with Crippen LogP contribution >= 0.6 is 22.6 Å². The SMILES string of the molecule is CN1CCCC(Nc2ccc(F)cc2I)C1. The zero-order valence-electron chi connectivity index (χ0n) is 9.34. The number of hydrogen-bond donors (Lipinski definition) is 1. The van der Waals surface area contributed by atoms with Crippen LogP contribution in [-0.2, 0) is 0 Å². The zero-order valence-corrected chi connectivity index (χ0v) is 11.5. The lowest BCUT2D eigenvalue weighted by Crippen LogP contribution is -2.39. The molecule has 0 bridgehead atoms. The van der Waals surface area contributed by atoms with Crippen molar-refractivity contribution in [2.75, 3.05) is 25.5 Å². The summed E-state index contributed by atoms with van der Waals surface area (Å²) in [6, 6.07) is 5.38. The van der Waals surface area contributed by atoms with Gasteiger partial charge in [0, 0.05) is 21.8 Å². The maximum atomic E-state index is 12.9. The monoisotopic (exact) mass is 334 g/mol. The van der Waals surface area contributed by atoms with Crippen molar-refractivity contribution in [1.29, 1.82) is 0 Å². The molecule has 0 spiro atoms. The van der Waals surface area contributed by atoms with Crippen LogP contribution in [0.3, 0.4) is 0 Å². The molecule has 1 aliphatic heterocycles. The normalized spacial score (nSPS) is 22.1. The van der Waals surface area contributed by atoms with Crippen LogP contribution in [0.5, 0.6) is 0 Å². The topological polar surface area (TPSA) is 15.3 Å². The highest BCUT2D eigenvalue weighted by atomic mass is 127. The van der Waals surface area contributed by atoms with Crippen molar-refractivity contribution in [2.45, 2.75) is 18.9 Å². The summed E-state index contributed by atoms with van der Waals surface area (Å²) >= 11 is 2.17. The minimum atomic E-state index is -0.171. The molecule has 1 aliphatic rings. The quantitative estimate of drug-likeness (QED) is 0.837. The van der Waals surface area contributed by atoms with E-state index in [1.807, 2.05) is 6.07 Å². The molecule has 88 valence electrons. The summed E-state index contributed by atoms with van der Waals surface area (Å²) in [7, 11) is 2.14. The third kappa shape index (κ3) is 3.07. The summed E-state index contributed by atoms with van der Waals surface area (Å²) in [5.74, 6) is -0.171. The van der Waals surface area contributed by atoms with Crippen LogP contribution in [0.25, 0.3) is 0 Å². The van der Waals surface area contributed by atoms with Crippen LogP contribution in [0, 0.1) is 9.39 Å². The zero-order chi connectivity index (χ0) is 11.5. The lowest BCUT2D eigenvalue weighted by molar-refractivity contribution is 0.261. The van der Waals surface area contributed by atoms with Gasteiger partial charge in [-0.1, -0.05) is 0 Å². The fourth-order valence-electron chi connectivity index (χ4n) is 2.11. The Morgan fingerprint density at radius 2 is 2.31 bits per heavy atom. The van der Waals surface area contributed by atoms with Gasteiger partial charge in [-0.25, -0.2) is 4.39 Å². The van der Waals surface area contributed by atoms with Gasteiger partial charge in [-0.15, -0.1) is 0 Å². The summed E-state index contributed by atoms with van der Waals surface area (Å²) in [6.07, 6.45) is 2.42. The van der Waals surface area contributed by atoms with Crippen LogP contribution in [0.15, 0.2) is 18.2 Å². The number of nitrogens with zero attached hydrogens (tertiary/aromatic N) is 1. The molecule has 0 aromatic heterocycles. The van der Waals surface area contributed by atoms with Gasteiger partial charge in [0.1, 0.15) is 5.82 Å². The molecule has 1 aromatic rings. The first-order valence-corrected chi connectivity index (χ1v) is 6.63. The average molecular weight is 334 g/mol. The van der Waals surface area contributed by atoms with E-state index in [4.69, 9.17) is 0 Å². The lowest BCUT2D eigenvalue weighted by atomic mass is 10.1. The summed E-state index contributed by atoms with van der Waals surface area (Å²) in [4.78, 5) is 2.33. The molecule has 4 heteroatoms. The Balaban J connectivity index is 2.02. The van der Waals surface area contributed by atoms with E-state index in [0.29, 0.717) is 6.04 Å². The Morgan fingerprint density at radius 3 is 3.00 bits per heavy atom. The summed E-state index contributed by atoms with van der Waals surface area (Å²) in [6.45, 7) is 2.24. The smallest absolute Gasteiger partial charge is 0.124 e. The van der Waals surface area contributed by atoms with E-state index in [1.54, 1.807) is 6.07 Å². The molecule has 0 aliphatic carbocycles. The molecule has 2 nitrogen and oxygen atoms in total. The van der Waals surface area contributed by atoms with Crippen molar-refractivity contribution in [3.8, 4) is 0 Å². The summed E-state index contributed by atoms with van der Waals surface area (Å²) < 4.78 is 13.9. The minimum Gasteiger partial charge on any atom is -0.380 e. The standard InChI is InChI=1S/C12H16FIN2/c1-16-6-2-3-10(8-16)15-12-5-4-9(13)7-11(12)14/h4-5,7,10,15H,2-3,6,8H2,1H3. The maximum Gasteiger partial charge on any atom is 0.124 e. The third-order valence-electron chi connectivity index (χ3n) is 2.92. The Morgan fingerprint density at radius 1 is 1.50 bits per heavy atom. The van der Waals surface area contributed by atoms with E-state index >= 15 is 0 Å². The maximum absolute atomic E-state index is 12.9. The molecule has 1 aromatic carbocycles. The van der Waals surface area contributed by atoms with Crippen molar-refractivity contribution in [2.24, 2.45) is 0 Å². The van der Waals surface area contributed by atoms with E-state index in [9.17, 15) is 4.39 Å². The van der Waals surface area contributed by atoms with Crippen molar-refractivity contribution in [1.82, 2.24) is 4.90 Å². The first-order valence-electron chi connectivity index (χ1n) is 5.55. The molecular formula is C12H16FIN2. The highest BCUT2D eigenvalue weighted by Gasteiger charge is 2.17. The van der Waals surface area contributed by atoms with E-state index in [0.717, 1.165) is 15.8 Å². The van der Waals surface area contributed by atoms with Crippen LogP contribution in [0.2, 0.25) is 0 Å². The van der Waals surface area contributed by atoms with Gasteiger partial charge in [-0.2, -0.15) is 0 Å². The van der Waals surface area contributed by atoms with Gasteiger partial charge in [0.25, 0.3) is 0 Å². The Bertz CT molecular complexity index is 370. The molecule has 2 rings (SSSR count). The van der Waals surface area contributed by atoms with Gasteiger partial charge in [-0.05, 0) is 67.2 Å². The Kier molecular flexibility index (Phi) is 4.02. The van der Waals surface area contributed by atoms with E-state index in [1.165, 1.54) is 25.5 Å². The second kappa shape index (κ2) is 5.31. The van der Waals surface area contributed by atoms with Gasteiger partial charge in [0.15, 0.2) is 0 Å². The van der Waals surface area contributed by atoms with E-state index in [-0.39, 0.29) is 5.82 Å². The number of piperidine rings is 1.